The van der Waals surface area contributed by atoms with Gasteiger partial charge in [0.1, 0.15) is 5.01 Å². The van der Waals surface area contributed by atoms with Crippen LogP contribution in [0.25, 0.3) is 10.6 Å². The van der Waals surface area contributed by atoms with Gasteiger partial charge in [0, 0.05) is 37.5 Å². The molecule has 4 rings (SSSR count). The number of carbonyl (C=O) groups excluding carboxylic acids is 1. The Hall–Kier alpha value is -0.950. The fourth-order valence-electron chi connectivity index (χ4n) is 2.83. The van der Waals surface area contributed by atoms with Gasteiger partial charge in [-0.05, 0) is 24.3 Å². The van der Waals surface area contributed by atoms with Crippen LogP contribution in [-0.4, -0.2) is 46.9 Å². The highest BCUT2D eigenvalue weighted by atomic mass is 35.5. The predicted octanol–water partition coefficient (Wildman–Crippen LogP) is 3.35. The summed E-state index contributed by atoms with van der Waals surface area (Å²) in [5.41, 5.74) is 1.09. The number of nitrogens with zero attached hydrogens (tertiary/aromatic N) is 3. The van der Waals surface area contributed by atoms with Crippen LogP contribution in [0.15, 0.2) is 22.9 Å². The number of carbonyl (C=O) groups is 1. The third-order valence-electron chi connectivity index (χ3n) is 4.29. The summed E-state index contributed by atoms with van der Waals surface area (Å²) in [6.07, 6.45) is 2.20. The zero-order valence-electron chi connectivity index (χ0n) is 12.8. The molecule has 2 aromatic rings. The lowest BCUT2D eigenvalue weighted by atomic mass is 10.2. The molecule has 1 aliphatic heterocycles. The molecule has 3 heterocycles. The Bertz CT molecular complexity index is 646. The Balaban J connectivity index is 0.00000156. The molecular formula is C16H20ClN3OS2. The molecule has 124 valence electrons. The Morgan fingerprint density at radius 1 is 1.22 bits per heavy atom. The fourth-order valence-corrected chi connectivity index (χ4v) is 4.42. The molecule has 1 saturated carbocycles. The van der Waals surface area contributed by atoms with Gasteiger partial charge >= 0.3 is 0 Å². The normalized spacial score (nSPS) is 18.7. The zero-order chi connectivity index (χ0) is 14.9. The smallest absolute Gasteiger partial charge is 0.225 e. The van der Waals surface area contributed by atoms with Crippen molar-refractivity contribution in [1.82, 2.24) is 14.8 Å². The Morgan fingerprint density at radius 2 is 2.00 bits per heavy atom. The van der Waals surface area contributed by atoms with E-state index < -0.39 is 0 Å². The highest BCUT2D eigenvalue weighted by Gasteiger charge is 2.34. The van der Waals surface area contributed by atoms with Crippen molar-refractivity contribution in [3.63, 3.8) is 0 Å². The van der Waals surface area contributed by atoms with Crippen LogP contribution >= 0.6 is 35.1 Å². The van der Waals surface area contributed by atoms with E-state index in [0.29, 0.717) is 11.8 Å². The SMILES string of the molecule is Cl.O=C(C1CC1)N1CCN(Cc2nc(-c3cccs3)cs2)CC1. The first-order chi connectivity index (χ1) is 10.8. The summed E-state index contributed by atoms with van der Waals surface area (Å²) in [5, 5.41) is 5.41. The zero-order valence-corrected chi connectivity index (χ0v) is 15.3. The lowest BCUT2D eigenvalue weighted by Crippen LogP contribution is -2.48. The van der Waals surface area contributed by atoms with Crippen molar-refractivity contribution in [3.05, 3.63) is 27.9 Å². The Kier molecular flexibility index (Phi) is 5.36. The minimum atomic E-state index is 0. The van der Waals surface area contributed by atoms with Crippen LogP contribution in [0.3, 0.4) is 0 Å². The lowest BCUT2D eigenvalue weighted by molar-refractivity contribution is -0.134. The van der Waals surface area contributed by atoms with Crippen LogP contribution in [0, 0.1) is 5.92 Å². The Labute approximate surface area is 150 Å². The molecule has 1 amide bonds. The van der Waals surface area contributed by atoms with Crippen molar-refractivity contribution in [2.75, 3.05) is 26.2 Å². The summed E-state index contributed by atoms with van der Waals surface area (Å²) in [5.74, 6) is 0.729. The molecule has 0 N–H and O–H groups in total. The standard InChI is InChI=1S/C16H19N3OS2.ClH/c20-16(12-3-4-12)19-7-5-18(6-8-19)10-15-17-13(11-22-15)14-2-1-9-21-14;/h1-2,9,11-12H,3-8,10H2;1H. The van der Waals surface area contributed by atoms with Gasteiger partial charge in [-0.15, -0.1) is 35.1 Å². The van der Waals surface area contributed by atoms with E-state index in [1.165, 1.54) is 9.88 Å². The molecule has 23 heavy (non-hydrogen) atoms. The lowest BCUT2D eigenvalue weighted by Gasteiger charge is -2.34. The first kappa shape index (κ1) is 16.9. The number of rotatable bonds is 4. The molecule has 0 atom stereocenters. The number of thiazole rings is 1. The topological polar surface area (TPSA) is 36.4 Å². The number of thiophene rings is 1. The third-order valence-corrected chi connectivity index (χ3v) is 6.02. The highest BCUT2D eigenvalue weighted by Crippen LogP contribution is 2.31. The highest BCUT2D eigenvalue weighted by molar-refractivity contribution is 7.14. The fraction of sp³-hybridized carbons (Fsp3) is 0.500. The average molecular weight is 370 g/mol. The molecule has 7 heteroatoms. The van der Waals surface area contributed by atoms with Crippen LogP contribution < -0.4 is 0 Å². The van der Waals surface area contributed by atoms with Gasteiger partial charge in [-0.1, -0.05) is 6.07 Å². The van der Waals surface area contributed by atoms with Gasteiger partial charge in [0.2, 0.25) is 5.91 Å². The van der Waals surface area contributed by atoms with E-state index in [-0.39, 0.29) is 12.4 Å². The molecule has 0 aromatic carbocycles. The number of aromatic nitrogens is 1. The van der Waals surface area contributed by atoms with Crippen LogP contribution in [-0.2, 0) is 11.3 Å². The van der Waals surface area contributed by atoms with E-state index in [4.69, 9.17) is 4.98 Å². The molecular weight excluding hydrogens is 350 g/mol. The van der Waals surface area contributed by atoms with Crippen molar-refractivity contribution in [2.24, 2.45) is 5.92 Å². The van der Waals surface area contributed by atoms with Gasteiger partial charge in [0.15, 0.2) is 0 Å². The second-order valence-corrected chi connectivity index (χ2v) is 7.87. The first-order valence-corrected chi connectivity index (χ1v) is 9.55. The first-order valence-electron chi connectivity index (χ1n) is 7.79. The number of hydrogen-bond donors (Lipinski definition) is 0. The van der Waals surface area contributed by atoms with Gasteiger partial charge in [-0.2, -0.15) is 0 Å². The quantitative estimate of drug-likeness (QED) is 0.829. The average Bonchev–Trinajstić information content (AvgIpc) is 3.05. The van der Waals surface area contributed by atoms with E-state index in [0.717, 1.165) is 51.3 Å². The van der Waals surface area contributed by atoms with Crippen LogP contribution in [0.5, 0.6) is 0 Å². The molecule has 0 spiro atoms. The second kappa shape index (κ2) is 7.30. The number of hydrogen-bond acceptors (Lipinski definition) is 5. The maximum atomic E-state index is 12.1. The van der Waals surface area contributed by atoms with Gasteiger partial charge in [-0.3, -0.25) is 9.69 Å². The largest absolute Gasteiger partial charge is 0.340 e. The summed E-state index contributed by atoms with van der Waals surface area (Å²) >= 11 is 3.47. The monoisotopic (exact) mass is 369 g/mol. The molecule has 2 fully saturated rings. The molecule has 0 bridgehead atoms. The maximum absolute atomic E-state index is 12.1. The van der Waals surface area contributed by atoms with Crippen molar-refractivity contribution in [2.45, 2.75) is 19.4 Å². The van der Waals surface area contributed by atoms with Crippen LogP contribution in [0.1, 0.15) is 17.8 Å². The van der Waals surface area contributed by atoms with Crippen molar-refractivity contribution in [1.29, 1.82) is 0 Å². The Morgan fingerprint density at radius 3 is 2.65 bits per heavy atom. The summed E-state index contributed by atoms with van der Waals surface area (Å²) in [4.78, 5) is 22.5. The molecule has 2 aliphatic rings. The predicted molar refractivity (Wildman–Crippen MR) is 97.3 cm³/mol. The summed E-state index contributed by atoms with van der Waals surface area (Å²) < 4.78 is 0. The second-order valence-electron chi connectivity index (χ2n) is 5.98. The minimum Gasteiger partial charge on any atom is -0.340 e. The van der Waals surface area contributed by atoms with Gasteiger partial charge in [0.25, 0.3) is 0 Å². The van der Waals surface area contributed by atoms with Gasteiger partial charge < -0.3 is 4.90 Å². The van der Waals surface area contributed by atoms with Gasteiger partial charge in [-0.25, -0.2) is 4.98 Å². The molecule has 4 nitrogen and oxygen atoms in total. The summed E-state index contributed by atoms with van der Waals surface area (Å²) in [6, 6.07) is 4.18. The van der Waals surface area contributed by atoms with Crippen molar-refractivity contribution < 1.29 is 4.79 Å². The number of halogens is 1. The maximum Gasteiger partial charge on any atom is 0.225 e. The van der Waals surface area contributed by atoms with Crippen molar-refractivity contribution >= 4 is 41.0 Å². The van der Waals surface area contributed by atoms with E-state index in [1.807, 2.05) is 4.90 Å². The van der Waals surface area contributed by atoms with E-state index in [9.17, 15) is 4.79 Å². The van der Waals surface area contributed by atoms with Crippen molar-refractivity contribution in [3.8, 4) is 10.6 Å². The van der Waals surface area contributed by atoms with E-state index in [1.54, 1.807) is 22.7 Å². The molecule has 1 aliphatic carbocycles. The van der Waals surface area contributed by atoms with E-state index in [2.05, 4.69) is 27.8 Å². The van der Waals surface area contributed by atoms with Gasteiger partial charge in [0.05, 0.1) is 17.1 Å². The number of piperazine rings is 1. The molecule has 1 saturated heterocycles. The number of amides is 1. The molecule has 0 unspecified atom stereocenters. The summed E-state index contributed by atoms with van der Waals surface area (Å²) in [6.45, 7) is 4.58. The third kappa shape index (κ3) is 3.94. The van der Waals surface area contributed by atoms with Crippen LogP contribution in [0.4, 0.5) is 0 Å². The van der Waals surface area contributed by atoms with E-state index >= 15 is 0 Å². The molecule has 0 radical (unpaired) electrons. The summed E-state index contributed by atoms with van der Waals surface area (Å²) in [7, 11) is 0. The molecule has 2 aromatic heterocycles. The van der Waals surface area contributed by atoms with Crippen LogP contribution in [0.2, 0.25) is 0 Å². The minimum absolute atomic E-state index is 0.